The van der Waals surface area contributed by atoms with E-state index in [9.17, 15) is 10.2 Å². The van der Waals surface area contributed by atoms with E-state index < -0.39 is 0 Å². The van der Waals surface area contributed by atoms with Crippen molar-refractivity contribution in [2.75, 3.05) is 11.5 Å². The number of rotatable bonds is 2. The highest BCUT2D eigenvalue weighted by Crippen LogP contribution is 2.54. The molecular weight excluding hydrogens is 796 g/mol. The number of aliphatic hydroxyl groups is 1. The molecule has 130 valence electrons. The van der Waals surface area contributed by atoms with E-state index in [0.717, 1.165) is 20.7 Å². The summed E-state index contributed by atoms with van der Waals surface area (Å²) in [5.74, 6) is 3.15. The Morgan fingerprint density at radius 2 is 1.58 bits per heavy atom. The fourth-order valence-corrected chi connectivity index (χ4v) is 10.4. The van der Waals surface area contributed by atoms with Crippen LogP contribution < -0.4 is 0 Å². The van der Waals surface area contributed by atoms with E-state index in [0.29, 0.717) is 16.1 Å². The highest BCUT2D eigenvalue weighted by Gasteiger charge is 2.44. The molecule has 2 N–H and O–H groups in total. The fraction of sp³-hybridized carbons (Fsp3) is 0.375. The summed E-state index contributed by atoms with van der Waals surface area (Å²) in [5.41, 5.74) is 1.08. The van der Waals surface area contributed by atoms with Crippen molar-refractivity contribution in [3.8, 4) is 5.75 Å². The normalized spacial score (nSPS) is 25.8. The van der Waals surface area contributed by atoms with Gasteiger partial charge in [0.15, 0.2) is 0 Å². The van der Waals surface area contributed by atoms with Gasteiger partial charge in [-0.2, -0.15) is 0 Å². The lowest BCUT2D eigenvalue weighted by molar-refractivity contribution is 0.413. The monoisotopic (exact) mass is 810 g/mol. The lowest BCUT2D eigenvalue weighted by Gasteiger charge is -2.42. The maximum atomic E-state index is 10.3. The van der Waals surface area contributed by atoms with Crippen molar-refractivity contribution in [3.05, 3.63) is 43.8 Å². The van der Waals surface area contributed by atoms with Crippen LogP contribution in [0.15, 0.2) is 31.1 Å². The third-order valence-electron chi connectivity index (χ3n) is 4.12. The van der Waals surface area contributed by atoms with E-state index in [1.807, 2.05) is 23.5 Å². The van der Waals surface area contributed by atoms with Crippen LogP contribution in [0.4, 0.5) is 0 Å². The number of thioether (sulfide) groups is 2. The van der Waals surface area contributed by atoms with Crippen LogP contribution in [0.3, 0.4) is 0 Å². The number of hydrogen-bond donors (Lipinski definition) is 2. The molecule has 1 aliphatic heterocycles. The highest BCUT2D eigenvalue weighted by molar-refractivity contribution is 14.1. The predicted molar refractivity (Wildman–Crippen MR) is 139 cm³/mol. The molecule has 1 heterocycles. The molecule has 1 aromatic carbocycles. The number of aliphatic hydroxyl groups excluding tert-OH is 1. The molecule has 0 radical (unpaired) electrons. The van der Waals surface area contributed by atoms with Crippen LogP contribution in [0.2, 0.25) is 0 Å². The summed E-state index contributed by atoms with van der Waals surface area (Å²) in [7, 11) is 0. The first-order chi connectivity index (χ1) is 11.3. The standard InChI is InChI=1S/C16H14I4O2S2/c17-9-4-8(5-10(18)13(9)21)16(15-23-2-1-3-24-15)6-11(19)14(22)12(20)7-16/h4-6,15,21-22H,1-3,7H2. The van der Waals surface area contributed by atoms with Gasteiger partial charge in [-0.15, -0.1) is 23.5 Å². The van der Waals surface area contributed by atoms with E-state index >= 15 is 0 Å². The Labute approximate surface area is 205 Å². The molecule has 0 saturated carbocycles. The second-order valence-corrected chi connectivity index (χ2v) is 13.2. The third kappa shape index (κ3) is 4.02. The molecule has 2 nitrogen and oxygen atoms in total. The minimum absolute atomic E-state index is 0.150. The summed E-state index contributed by atoms with van der Waals surface area (Å²) in [6.45, 7) is 0. The first kappa shape index (κ1) is 20.6. The molecule has 0 amide bonds. The van der Waals surface area contributed by atoms with Crippen molar-refractivity contribution in [2.45, 2.75) is 22.8 Å². The maximum absolute atomic E-state index is 10.3. The van der Waals surface area contributed by atoms with Crippen LogP contribution in [-0.4, -0.2) is 26.3 Å². The van der Waals surface area contributed by atoms with Gasteiger partial charge < -0.3 is 10.2 Å². The SMILES string of the molecule is OC1=C(I)CC(c2cc(I)c(O)c(I)c2)(C2SCCCS2)C=C1I. The second-order valence-electron chi connectivity index (χ2n) is 5.68. The molecule has 1 aromatic rings. The van der Waals surface area contributed by atoms with E-state index in [2.05, 4.69) is 109 Å². The Morgan fingerprint density at radius 3 is 2.12 bits per heavy atom. The summed E-state index contributed by atoms with van der Waals surface area (Å²) in [6, 6.07) is 4.22. The number of benzene rings is 1. The highest BCUT2D eigenvalue weighted by atomic mass is 127. The number of phenols is 1. The van der Waals surface area contributed by atoms with Crippen LogP contribution in [0.1, 0.15) is 18.4 Å². The van der Waals surface area contributed by atoms with Crippen molar-refractivity contribution in [1.82, 2.24) is 0 Å². The number of aromatic hydroxyl groups is 1. The Bertz CT molecular complexity index is 706. The molecule has 0 bridgehead atoms. The van der Waals surface area contributed by atoms with E-state index in [1.165, 1.54) is 23.5 Å². The first-order valence-electron chi connectivity index (χ1n) is 7.23. The zero-order valence-corrected chi connectivity index (χ0v) is 22.6. The predicted octanol–water partition coefficient (Wildman–Crippen LogP) is 6.96. The van der Waals surface area contributed by atoms with Gasteiger partial charge in [0.2, 0.25) is 0 Å². The van der Waals surface area contributed by atoms with Crippen LogP contribution in [0.25, 0.3) is 0 Å². The lowest BCUT2D eigenvalue weighted by Crippen LogP contribution is -2.38. The van der Waals surface area contributed by atoms with Gasteiger partial charge in [-0.25, -0.2) is 0 Å². The van der Waals surface area contributed by atoms with Crippen LogP contribution in [0, 0.1) is 7.14 Å². The molecule has 2 aliphatic rings. The quantitative estimate of drug-likeness (QED) is 0.318. The molecule has 3 rings (SSSR count). The minimum atomic E-state index is -0.150. The van der Waals surface area contributed by atoms with Crippen molar-refractivity contribution < 1.29 is 10.2 Å². The van der Waals surface area contributed by atoms with Crippen LogP contribution in [0.5, 0.6) is 5.75 Å². The summed E-state index contributed by atoms with van der Waals surface area (Å²) in [5, 5.41) is 20.5. The number of halogens is 4. The molecule has 1 unspecified atom stereocenters. The second kappa shape index (κ2) is 8.52. The number of phenolic OH excluding ortho intramolecular Hbond substituents is 1. The average molecular weight is 810 g/mol. The van der Waals surface area contributed by atoms with Gasteiger partial charge in [0.1, 0.15) is 11.5 Å². The van der Waals surface area contributed by atoms with E-state index in [-0.39, 0.29) is 5.41 Å². The first-order valence-corrected chi connectivity index (χ1v) is 13.6. The summed E-state index contributed by atoms with van der Waals surface area (Å²) < 4.78 is 4.14. The summed E-state index contributed by atoms with van der Waals surface area (Å²) >= 11 is 13.0. The Morgan fingerprint density at radius 1 is 1.00 bits per heavy atom. The molecule has 1 saturated heterocycles. The Balaban J connectivity index is 2.17. The van der Waals surface area contributed by atoms with Crippen LogP contribution in [-0.2, 0) is 5.41 Å². The van der Waals surface area contributed by atoms with E-state index in [4.69, 9.17) is 0 Å². The smallest absolute Gasteiger partial charge is 0.142 e. The third-order valence-corrected chi connectivity index (χ3v) is 10.8. The lowest BCUT2D eigenvalue weighted by atomic mass is 9.76. The molecule has 1 fully saturated rings. The Kier molecular flexibility index (Phi) is 7.33. The molecule has 24 heavy (non-hydrogen) atoms. The van der Waals surface area contributed by atoms with Gasteiger partial charge >= 0.3 is 0 Å². The fourth-order valence-electron chi connectivity index (χ4n) is 2.91. The van der Waals surface area contributed by atoms with Crippen molar-refractivity contribution in [1.29, 1.82) is 0 Å². The van der Waals surface area contributed by atoms with Gasteiger partial charge in [-0.1, -0.05) is 6.08 Å². The maximum Gasteiger partial charge on any atom is 0.142 e. The largest absolute Gasteiger partial charge is 0.506 e. The number of allylic oxidation sites excluding steroid dienone is 3. The van der Waals surface area contributed by atoms with Crippen LogP contribution >= 0.6 is 114 Å². The van der Waals surface area contributed by atoms with Crippen molar-refractivity contribution >= 4 is 114 Å². The van der Waals surface area contributed by atoms with Crippen molar-refractivity contribution in [2.24, 2.45) is 0 Å². The van der Waals surface area contributed by atoms with Gasteiger partial charge in [-0.3, -0.25) is 0 Å². The zero-order valence-electron chi connectivity index (χ0n) is 12.4. The van der Waals surface area contributed by atoms with Gasteiger partial charge in [0, 0.05) is 8.99 Å². The minimum Gasteiger partial charge on any atom is -0.506 e. The number of hydrogen-bond acceptors (Lipinski definition) is 4. The Hall–Kier alpha value is 1.92. The van der Waals surface area contributed by atoms with Crippen molar-refractivity contribution in [3.63, 3.8) is 0 Å². The molecule has 0 aromatic heterocycles. The summed E-state index contributed by atoms with van der Waals surface area (Å²) in [6.07, 6.45) is 4.32. The molecule has 8 heteroatoms. The molecule has 0 spiro atoms. The summed E-state index contributed by atoms with van der Waals surface area (Å²) in [4.78, 5) is 0. The van der Waals surface area contributed by atoms with Gasteiger partial charge in [0.25, 0.3) is 0 Å². The molecule has 1 aliphatic carbocycles. The zero-order chi connectivity index (χ0) is 17.5. The van der Waals surface area contributed by atoms with Gasteiger partial charge in [0.05, 0.1) is 15.3 Å². The average Bonchev–Trinajstić information content (AvgIpc) is 2.57. The molecular formula is C16H14I4O2S2. The topological polar surface area (TPSA) is 40.5 Å². The molecule has 1 atom stereocenters. The van der Waals surface area contributed by atoms with E-state index in [1.54, 1.807) is 0 Å². The van der Waals surface area contributed by atoms with Gasteiger partial charge in [-0.05, 0) is 132 Å².